The van der Waals surface area contributed by atoms with Gasteiger partial charge in [0.05, 0.1) is 11.4 Å². The SMILES string of the molecule is Cc1nc2nc(-c3cccc(-c4ccncc4)c3)nc(-c3ccc(Cl)cc3F)c2nc1C. The largest absolute Gasteiger partial charge is 0.265 e. The van der Waals surface area contributed by atoms with Crippen LogP contribution in [0.1, 0.15) is 11.4 Å². The number of rotatable bonds is 3. The summed E-state index contributed by atoms with van der Waals surface area (Å²) in [5.74, 6) is -0.0377. The highest BCUT2D eigenvalue weighted by atomic mass is 35.5. The zero-order valence-corrected chi connectivity index (χ0v) is 18.1. The summed E-state index contributed by atoms with van der Waals surface area (Å²) >= 11 is 5.97. The number of fused-ring (bicyclic) bond motifs is 1. The Morgan fingerprint density at radius 2 is 1.50 bits per heavy atom. The van der Waals surface area contributed by atoms with E-state index < -0.39 is 5.82 Å². The number of nitrogens with zero attached hydrogens (tertiary/aromatic N) is 5. The van der Waals surface area contributed by atoms with Crippen LogP contribution in [0.5, 0.6) is 0 Å². The van der Waals surface area contributed by atoms with E-state index in [-0.39, 0.29) is 0 Å². The first-order chi connectivity index (χ1) is 15.5. The maximum atomic E-state index is 14.9. The lowest BCUT2D eigenvalue weighted by atomic mass is 10.0. The fourth-order valence-corrected chi connectivity index (χ4v) is 3.65. The monoisotopic (exact) mass is 441 g/mol. The van der Waals surface area contributed by atoms with Crippen molar-refractivity contribution >= 4 is 22.8 Å². The van der Waals surface area contributed by atoms with Crippen LogP contribution < -0.4 is 0 Å². The van der Waals surface area contributed by atoms with Crippen molar-refractivity contribution < 1.29 is 4.39 Å². The van der Waals surface area contributed by atoms with Crippen LogP contribution in [0.2, 0.25) is 5.02 Å². The molecule has 5 aromatic rings. The minimum Gasteiger partial charge on any atom is -0.265 e. The third-order valence-corrected chi connectivity index (χ3v) is 5.50. The second-order valence-corrected chi connectivity index (χ2v) is 7.84. The summed E-state index contributed by atoms with van der Waals surface area (Å²) in [6.07, 6.45) is 3.49. The van der Waals surface area contributed by atoms with Crippen LogP contribution in [-0.4, -0.2) is 24.9 Å². The number of benzene rings is 2. The van der Waals surface area contributed by atoms with Crippen LogP contribution in [0.15, 0.2) is 67.0 Å². The molecule has 0 spiro atoms. The molecule has 0 aliphatic heterocycles. The van der Waals surface area contributed by atoms with Gasteiger partial charge in [-0.2, -0.15) is 0 Å². The molecule has 0 atom stereocenters. The minimum atomic E-state index is -0.478. The summed E-state index contributed by atoms with van der Waals surface area (Å²) in [7, 11) is 0. The van der Waals surface area contributed by atoms with Crippen molar-refractivity contribution in [2.24, 2.45) is 0 Å². The maximum absolute atomic E-state index is 14.9. The third-order valence-electron chi connectivity index (χ3n) is 5.26. The number of hydrogen-bond donors (Lipinski definition) is 0. The van der Waals surface area contributed by atoms with Crippen LogP contribution >= 0.6 is 11.6 Å². The van der Waals surface area contributed by atoms with Gasteiger partial charge >= 0.3 is 0 Å². The number of halogens is 2. The van der Waals surface area contributed by atoms with Crippen molar-refractivity contribution in [3.8, 4) is 33.8 Å². The average Bonchev–Trinajstić information content (AvgIpc) is 2.80. The van der Waals surface area contributed by atoms with Crippen LogP contribution in [-0.2, 0) is 0 Å². The topological polar surface area (TPSA) is 64.5 Å². The minimum absolute atomic E-state index is 0.297. The van der Waals surface area contributed by atoms with Crippen molar-refractivity contribution in [3.05, 3.63) is 89.2 Å². The molecule has 0 aliphatic rings. The number of hydrogen-bond acceptors (Lipinski definition) is 5. The molecule has 0 fully saturated rings. The van der Waals surface area contributed by atoms with Crippen LogP contribution in [0.4, 0.5) is 4.39 Å². The zero-order chi connectivity index (χ0) is 22.2. The summed E-state index contributed by atoms with van der Waals surface area (Å²) in [5, 5.41) is 0.313. The molecular formula is C25H17ClFN5. The molecule has 156 valence electrons. The van der Waals surface area contributed by atoms with Gasteiger partial charge in [0.2, 0.25) is 0 Å². The van der Waals surface area contributed by atoms with Gasteiger partial charge in [0.25, 0.3) is 0 Å². The lowest BCUT2D eigenvalue weighted by molar-refractivity contribution is 0.631. The van der Waals surface area contributed by atoms with Crippen LogP contribution in [0, 0.1) is 19.7 Å². The van der Waals surface area contributed by atoms with E-state index in [2.05, 4.69) is 19.9 Å². The molecule has 5 nitrogen and oxygen atoms in total. The smallest absolute Gasteiger partial charge is 0.182 e. The van der Waals surface area contributed by atoms with Crippen molar-refractivity contribution in [3.63, 3.8) is 0 Å². The molecule has 7 heteroatoms. The first-order valence-corrected chi connectivity index (χ1v) is 10.4. The molecule has 2 aromatic carbocycles. The van der Waals surface area contributed by atoms with E-state index in [9.17, 15) is 4.39 Å². The van der Waals surface area contributed by atoms with E-state index in [1.165, 1.54) is 6.07 Å². The summed E-state index contributed by atoms with van der Waals surface area (Å²) in [5.41, 5.74) is 5.85. The Kier molecular flexibility index (Phi) is 5.07. The van der Waals surface area contributed by atoms with E-state index in [1.807, 2.05) is 50.2 Å². The lowest BCUT2D eigenvalue weighted by Gasteiger charge is -2.11. The van der Waals surface area contributed by atoms with Crippen molar-refractivity contribution in [2.75, 3.05) is 0 Å². The van der Waals surface area contributed by atoms with Gasteiger partial charge in [-0.3, -0.25) is 4.98 Å². The summed E-state index contributed by atoms with van der Waals surface area (Å²) < 4.78 is 14.9. The molecule has 3 aromatic heterocycles. The first kappa shape index (κ1) is 20.2. The normalized spacial score (nSPS) is 11.1. The molecule has 0 radical (unpaired) electrons. The maximum Gasteiger partial charge on any atom is 0.182 e. The molecule has 0 bridgehead atoms. The Morgan fingerprint density at radius 3 is 2.28 bits per heavy atom. The summed E-state index contributed by atoms with van der Waals surface area (Å²) in [6, 6.07) is 16.2. The second kappa shape index (κ2) is 8.05. The quantitative estimate of drug-likeness (QED) is 0.332. The predicted octanol–water partition coefficient (Wildman–Crippen LogP) is 6.23. The standard InChI is InChI=1S/C25H17ClFN5/c1-14-15(2)30-25-23(29-14)22(20-7-6-19(26)13-21(20)27)31-24(32-25)18-5-3-4-17(12-18)16-8-10-28-11-9-16/h3-13H,1-2H3. The van der Waals surface area contributed by atoms with Gasteiger partial charge in [0, 0.05) is 28.5 Å². The van der Waals surface area contributed by atoms with Crippen molar-refractivity contribution in [1.29, 1.82) is 0 Å². The zero-order valence-electron chi connectivity index (χ0n) is 17.3. The summed E-state index contributed by atoms with van der Waals surface area (Å²) in [4.78, 5) is 22.7. The van der Waals surface area contributed by atoms with E-state index in [1.54, 1.807) is 24.5 Å². The number of pyridine rings is 1. The molecule has 0 saturated heterocycles. The Morgan fingerprint density at radius 1 is 0.750 bits per heavy atom. The first-order valence-electron chi connectivity index (χ1n) is 9.99. The van der Waals surface area contributed by atoms with Crippen LogP contribution in [0.25, 0.3) is 44.9 Å². The Balaban J connectivity index is 1.76. The van der Waals surface area contributed by atoms with Crippen molar-refractivity contribution in [2.45, 2.75) is 13.8 Å². The van der Waals surface area contributed by atoms with E-state index in [0.717, 1.165) is 28.1 Å². The lowest BCUT2D eigenvalue weighted by Crippen LogP contribution is -2.02. The predicted molar refractivity (Wildman–Crippen MR) is 124 cm³/mol. The van der Waals surface area contributed by atoms with Gasteiger partial charge in [0.15, 0.2) is 11.5 Å². The van der Waals surface area contributed by atoms with Gasteiger partial charge in [-0.25, -0.2) is 24.3 Å². The molecule has 0 amide bonds. The van der Waals surface area contributed by atoms with E-state index >= 15 is 0 Å². The number of aryl methyl sites for hydroxylation is 2. The Labute approximate surface area is 189 Å². The van der Waals surface area contributed by atoms with Crippen molar-refractivity contribution in [1.82, 2.24) is 24.9 Å². The van der Waals surface area contributed by atoms with Crippen LogP contribution in [0.3, 0.4) is 0 Å². The molecule has 0 unspecified atom stereocenters. The Bertz CT molecular complexity index is 1470. The fraction of sp³-hybridized carbons (Fsp3) is 0.0800. The number of aromatic nitrogens is 5. The molecule has 3 heterocycles. The molecule has 32 heavy (non-hydrogen) atoms. The van der Waals surface area contributed by atoms with Gasteiger partial charge < -0.3 is 0 Å². The molecule has 0 N–H and O–H groups in total. The second-order valence-electron chi connectivity index (χ2n) is 7.40. The highest BCUT2D eigenvalue weighted by Gasteiger charge is 2.18. The van der Waals surface area contributed by atoms with Gasteiger partial charge in [0.1, 0.15) is 17.0 Å². The third kappa shape index (κ3) is 3.69. The van der Waals surface area contributed by atoms with Gasteiger partial charge in [-0.05, 0) is 61.4 Å². The van der Waals surface area contributed by atoms with E-state index in [4.69, 9.17) is 16.6 Å². The molecular weight excluding hydrogens is 425 g/mol. The molecule has 0 aliphatic carbocycles. The fourth-order valence-electron chi connectivity index (χ4n) is 3.49. The van der Waals surface area contributed by atoms with Gasteiger partial charge in [-0.15, -0.1) is 0 Å². The van der Waals surface area contributed by atoms with E-state index in [0.29, 0.717) is 33.3 Å². The average molecular weight is 442 g/mol. The molecule has 0 saturated carbocycles. The Hall–Kier alpha value is -3.77. The molecule has 5 rings (SSSR count). The summed E-state index contributed by atoms with van der Waals surface area (Å²) in [6.45, 7) is 3.73. The highest BCUT2D eigenvalue weighted by Crippen LogP contribution is 2.32. The van der Waals surface area contributed by atoms with Gasteiger partial charge in [-0.1, -0.05) is 29.8 Å². The highest BCUT2D eigenvalue weighted by molar-refractivity contribution is 6.30.